The largest absolute Gasteiger partial charge is 0.481 e. The fraction of sp³-hybridized carbons (Fsp3) is 0.733. The van der Waals surface area contributed by atoms with Crippen molar-refractivity contribution in [2.75, 3.05) is 13.2 Å². The van der Waals surface area contributed by atoms with Crippen LogP contribution >= 0.6 is 0 Å². The Labute approximate surface area is 267 Å². The van der Waals surface area contributed by atoms with Crippen molar-refractivity contribution in [3.05, 3.63) is 0 Å². The predicted octanol–water partition coefficient (Wildman–Crippen LogP) is 1.83. The molecule has 0 aromatic carbocycles. The van der Waals surface area contributed by atoms with Gasteiger partial charge in [0.2, 0.25) is 11.8 Å². The Morgan fingerprint density at radius 2 is 1.11 bits per heavy atom. The molecule has 6 N–H and O–H groups in total. The van der Waals surface area contributed by atoms with Gasteiger partial charge in [-0.15, -0.1) is 0 Å². The summed E-state index contributed by atoms with van der Waals surface area (Å²) in [6.07, 6.45) is -1.02. The number of carboxylic acid groups (broad SMARTS) is 4. The molecule has 0 aliphatic heterocycles. The van der Waals surface area contributed by atoms with E-state index in [1.807, 2.05) is 0 Å². The number of amides is 2. The fourth-order valence-corrected chi connectivity index (χ4v) is 4.54. The number of nitrogens with one attached hydrogen (secondary N) is 2. The van der Waals surface area contributed by atoms with E-state index in [-0.39, 0.29) is 51.7 Å². The lowest BCUT2D eigenvalue weighted by Crippen LogP contribution is -2.48. The quantitative estimate of drug-likeness (QED) is 0.0675. The first kappa shape index (κ1) is 41.8. The van der Waals surface area contributed by atoms with Crippen LogP contribution in [0.5, 0.6) is 0 Å². The van der Waals surface area contributed by atoms with Crippen molar-refractivity contribution in [3.8, 4) is 0 Å². The van der Waals surface area contributed by atoms with Crippen LogP contribution in [0.2, 0.25) is 0 Å². The molecule has 262 valence electrons. The first-order valence-electron chi connectivity index (χ1n) is 15.0. The van der Waals surface area contributed by atoms with Crippen molar-refractivity contribution < 1.29 is 68.3 Å². The molecule has 0 saturated carbocycles. The molecule has 0 radical (unpaired) electrons. The normalized spacial score (nSPS) is 15.2. The molecule has 0 aromatic heterocycles. The maximum Gasteiger partial charge on any atom is 0.326 e. The average molecular weight is 661 g/mol. The summed E-state index contributed by atoms with van der Waals surface area (Å²) in [5, 5.41) is 41.0. The third-order valence-electron chi connectivity index (χ3n) is 7.76. The van der Waals surface area contributed by atoms with E-state index in [0.717, 1.165) is 0 Å². The van der Waals surface area contributed by atoms with Crippen molar-refractivity contribution in [1.29, 1.82) is 0 Å². The van der Waals surface area contributed by atoms with Gasteiger partial charge in [0, 0.05) is 23.7 Å². The monoisotopic (exact) mass is 660 g/mol. The summed E-state index contributed by atoms with van der Waals surface area (Å²) < 4.78 is 10.4. The van der Waals surface area contributed by atoms with E-state index in [2.05, 4.69) is 10.6 Å². The van der Waals surface area contributed by atoms with E-state index < -0.39 is 95.2 Å². The molecule has 0 aliphatic carbocycles. The second-order valence-electron chi connectivity index (χ2n) is 12.1. The van der Waals surface area contributed by atoms with Gasteiger partial charge in [-0.05, 0) is 38.5 Å². The molecule has 0 spiro atoms. The molecule has 5 atom stereocenters. The lowest BCUT2D eigenvalue weighted by Gasteiger charge is -2.30. The van der Waals surface area contributed by atoms with Crippen molar-refractivity contribution >= 4 is 47.6 Å². The standard InChI is InChI=1S/C30H48N2O14/c1-7-18(16-29(4,5)27(43)31-19(23(37)38)9-11-21(33)34)26(42)46-14-13-45-25(41)17(3)15-30(6,8-2)28(44)32-20(24(39)40)10-12-22(35)36/h17-20H,7-16H2,1-6H3,(H,31,43)(H,32,44)(H,33,34)(H,35,36)(H,37,38)(H,39,40). The maximum absolute atomic E-state index is 12.9. The van der Waals surface area contributed by atoms with Crippen LogP contribution in [-0.4, -0.2) is 93.4 Å². The van der Waals surface area contributed by atoms with Crippen molar-refractivity contribution in [1.82, 2.24) is 10.6 Å². The third kappa shape index (κ3) is 14.7. The highest BCUT2D eigenvalue weighted by molar-refractivity contribution is 5.89. The lowest BCUT2D eigenvalue weighted by molar-refractivity contribution is -0.159. The maximum atomic E-state index is 12.9. The van der Waals surface area contributed by atoms with Crippen LogP contribution in [0.1, 0.15) is 92.9 Å². The number of rotatable bonds is 23. The molecule has 0 saturated heterocycles. The minimum atomic E-state index is -1.41. The number of hydrogen-bond acceptors (Lipinski definition) is 10. The molecule has 16 heteroatoms. The van der Waals surface area contributed by atoms with E-state index >= 15 is 0 Å². The van der Waals surface area contributed by atoms with Gasteiger partial charge in [-0.25, -0.2) is 9.59 Å². The van der Waals surface area contributed by atoms with Gasteiger partial charge in [-0.2, -0.15) is 0 Å². The summed E-state index contributed by atoms with van der Waals surface area (Å²) in [5.41, 5.74) is -2.38. The minimum absolute atomic E-state index is 0.00662. The number of carbonyl (C=O) groups excluding carboxylic acids is 4. The summed E-state index contributed by atoms with van der Waals surface area (Å²) in [5.74, 6) is -9.43. The highest BCUT2D eigenvalue weighted by Crippen LogP contribution is 2.31. The second kappa shape index (κ2) is 19.3. The second-order valence-corrected chi connectivity index (χ2v) is 12.1. The van der Waals surface area contributed by atoms with E-state index in [1.54, 1.807) is 20.8 Å². The zero-order chi connectivity index (χ0) is 35.8. The van der Waals surface area contributed by atoms with Gasteiger partial charge >= 0.3 is 35.8 Å². The molecule has 0 aliphatic rings. The van der Waals surface area contributed by atoms with Gasteiger partial charge in [0.05, 0.1) is 11.8 Å². The van der Waals surface area contributed by atoms with Crippen LogP contribution < -0.4 is 10.6 Å². The molecule has 46 heavy (non-hydrogen) atoms. The number of ether oxygens (including phenoxy) is 2. The lowest BCUT2D eigenvalue weighted by atomic mass is 9.78. The first-order valence-corrected chi connectivity index (χ1v) is 15.0. The van der Waals surface area contributed by atoms with E-state index in [1.165, 1.54) is 20.8 Å². The Hall–Kier alpha value is -4.24. The van der Waals surface area contributed by atoms with Crippen LogP contribution in [0.4, 0.5) is 0 Å². The molecule has 0 fully saturated rings. The number of carbonyl (C=O) groups is 8. The van der Waals surface area contributed by atoms with Gasteiger partial charge in [-0.3, -0.25) is 28.8 Å². The summed E-state index contributed by atoms with van der Waals surface area (Å²) >= 11 is 0. The number of esters is 2. The van der Waals surface area contributed by atoms with Crippen molar-refractivity contribution in [3.63, 3.8) is 0 Å². The van der Waals surface area contributed by atoms with Gasteiger partial charge in [0.15, 0.2) is 0 Å². The van der Waals surface area contributed by atoms with Gasteiger partial charge in [-0.1, -0.05) is 41.5 Å². The molecule has 16 nitrogen and oxygen atoms in total. The van der Waals surface area contributed by atoms with E-state index in [0.29, 0.717) is 0 Å². The Morgan fingerprint density at radius 3 is 1.50 bits per heavy atom. The van der Waals surface area contributed by atoms with Crippen LogP contribution in [0.15, 0.2) is 0 Å². The van der Waals surface area contributed by atoms with Crippen LogP contribution in [-0.2, 0) is 47.8 Å². The van der Waals surface area contributed by atoms with E-state index in [9.17, 15) is 48.6 Å². The van der Waals surface area contributed by atoms with Crippen molar-refractivity contribution in [2.24, 2.45) is 22.7 Å². The summed E-state index contributed by atoms with van der Waals surface area (Å²) in [7, 11) is 0. The van der Waals surface area contributed by atoms with Gasteiger partial charge in [0.1, 0.15) is 25.3 Å². The fourth-order valence-electron chi connectivity index (χ4n) is 4.54. The van der Waals surface area contributed by atoms with Crippen molar-refractivity contribution in [2.45, 2.75) is 105 Å². The van der Waals surface area contributed by atoms with Gasteiger partial charge < -0.3 is 40.5 Å². The van der Waals surface area contributed by atoms with E-state index in [4.69, 9.17) is 19.7 Å². The molecular weight excluding hydrogens is 612 g/mol. The highest BCUT2D eigenvalue weighted by atomic mass is 16.6. The SMILES string of the molecule is CCC(CC(C)(C)C(=O)NC(CCC(=O)O)C(=O)O)C(=O)OCCOC(=O)C(C)CC(C)(CC)C(=O)NC(CCC(=O)O)C(=O)O. The Morgan fingerprint density at radius 1 is 0.674 bits per heavy atom. The smallest absolute Gasteiger partial charge is 0.326 e. The summed E-state index contributed by atoms with van der Waals surface area (Å²) in [6, 6.07) is -2.83. The first-order chi connectivity index (χ1) is 21.2. The molecule has 0 bridgehead atoms. The molecule has 5 unspecified atom stereocenters. The topological polar surface area (TPSA) is 260 Å². The molecular formula is C30H48N2O14. The Kier molecular flexibility index (Phi) is 17.5. The van der Waals surface area contributed by atoms with Crippen LogP contribution in [0, 0.1) is 22.7 Å². The summed E-state index contributed by atoms with van der Waals surface area (Å²) in [4.78, 5) is 95.6. The third-order valence-corrected chi connectivity index (χ3v) is 7.76. The Bertz CT molecular complexity index is 1120. The highest BCUT2D eigenvalue weighted by Gasteiger charge is 2.38. The number of aliphatic carboxylic acids is 4. The van der Waals surface area contributed by atoms with Crippen LogP contribution in [0.25, 0.3) is 0 Å². The molecule has 0 heterocycles. The molecule has 2 amide bonds. The van der Waals surface area contributed by atoms with Crippen LogP contribution in [0.3, 0.4) is 0 Å². The number of hydrogen-bond donors (Lipinski definition) is 6. The summed E-state index contributed by atoms with van der Waals surface area (Å²) in [6.45, 7) is 8.87. The average Bonchev–Trinajstić information content (AvgIpc) is 2.96. The predicted molar refractivity (Wildman–Crippen MR) is 159 cm³/mol. The zero-order valence-electron chi connectivity index (χ0n) is 27.3. The minimum Gasteiger partial charge on any atom is -0.481 e. The Balaban J connectivity index is 5.02. The molecule has 0 rings (SSSR count). The number of carboxylic acids is 4. The zero-order valence-corrected chi connectivity index (χ0v) is 27.3. The van der Waals surface area contributed by atoms with Gasteiger partial charge in [0.25, 0.3) is 0 Å². The molecule has 0 aromatic rings.